The Morgan fingerprint density at radius 3 is 2.78 bits per heavy atom. The third-order valence-corrected chi connectivity index (χ3v) is 3.78. The number of anilines is 2. The first-order chi connectivity index (χ1) is 11.1. The molecular weight excluding hydrogens is 314 g/mol. The van der Waals surface area contributed by atoms with Gasteiger partial charge in [-0.1, -0.05) is 23.7 Å². The van der Waals surface area contributed by atoms with Crippen molar-refractivity contribution >= 4 is 39.9 Å². The number of halogens is 1. The molecule has 1 heterocycles. The molecule has 0 bridgehead atoms. The fraction of sp³-hybridized carbons (Fsp3) is 0.0625. The second kappa shape index (κ2) is 6.10. The van der Waals surface area contributed by atoms with Crippen molar-refractivity contribution in [3.63, 3.8) is 0 Å². The highest BCUT2D eigenvalue weighted by molar-refractivity contribution is 6.33. The third kappa shape index (κ3) is 3.02. The highest BCUT2D eigenvalue weighted by Gasteiger charge is 2.11. The summed E-state index contributed by atoms with van der Waals surface area (Å²) in [5.74, 6) is 0.0941. The summed E-state index contributed by atoms with van der Waals surface area (Å²) in [4.78, 5) is 19.9. The first-order valence-corrected chi connectivity index (χ1v) is 7.25. The minimum absolute atomic E-state index is 0.364. The number of para-hydroxylation sites is 1. The van der Waals surface area contributed by atoms with Crippen molar-refractivity contribution in [3.05, 3.63) is 58.9 Å². The predicted molar refractivity (Wildman–Crippen MR) is 91.2 cm³/mol. The van der Waals surface area contributed by atoms with Crippen LogP contribution in [-0.2, 0) is 6.54 Å². The molecule has 0 spiro atoms. The van der Waals surface area contributed by atoms with Crippen molar-refractivity contribution in [1.82, 2.24) is 9.97 Å². The molecule has 0 unspecified atom stereocenters. The molecule has 0 saturated carbocycles. The molecule has 0 aliphatic rings. The van der Waals surface area contributed by atoms with Crippen molar-refractivity contribution in [2.24, 2.45) is 5.73 Å². The van der Waals surface area contributed by atoms with Gasteiger partial charge in [-0.3, -0.25) is 4.79 Å². The highest BCUT2D eigenvalue weighted by atomic mass is 35.5. The number of hydrogen-bond donors (Lipinski definition) is 3. The highest BCUT2D eigenvalue weighted by Crippen LogP contribution is 2.24. The summed E-state index contributed by atoms with van der Waals surface area (Å²) < 4.78 is 0. The van der Waals surface area contributed by atoms with Gasteiger partial charge in [-0.05, 0) is 29.8 Å². The average Bonchev–Trinajstić information content (AvgIpc) is 2.55. The van der Waals surface area contributed by atoms with Crippen LogP contribution in [0.2, 0.25) is 5.02 Å². The summed E-state index contributed by atoms with van der Waals surface area (Å²) in [5.41, 5.74) is 13.5. The number of nitrogens with two attached hydrogens (primary N) is 2. The maximum absolute atomic E-state index is 11.5. The number of nitrogens with zero attached hydrogens (tertiary/aromatic N) is 2. The van der Waals surface area contributed by atoms with E-state index in [0.29, 0.717) is 34.2 Å². The molecule has 6 nitrogen and oxygen atoms in total. The number of hydrogen-bond acceptors (Lipinski definition) is 5. The van der Waals surface area contributed by atoms with E-state index in [1.165, 1.54) is 6.33 Å². The Balaban J connectivity index is 1.92. The monoisotopic (exact) mass is 327 g/mol. The van der Waals surface area contributed by atoms with Gasteiger partial charge in [0.2, 0.25) is 0 Å². The van der Waals surface area contributed by atoms with E-state index in [-0.39, 0.29) is 0 Å². The van der Waals surface area contributed by atoms with E-state index in [4.69, 9.17) is 23.1 Å². The molecule has 116 valence electrons. The first-order valence-electron chi connectivity index (χ1n) is 6.87. The fourth-order valence-corrected chi connectivity index (χ4v) is 2.50. The van der Waals surface area contributed by atoms with Gasteiger partial charge in [-0.2, -0.15) is 0 Å². The van der Waals surface area contributed by atoms with E-state index in [9.17, 15) is 4.79 Å². The maximum Gasteiger partial charge on any atom is 0.250 e. The summed E-state index contributed by atoms with van der Waals surface area (Å²) >= 11 is 6.02. The van der Waals surface area contributed by atoms with E-state index in [2.05, 4.69) is 15.3 Å². The smallest absolute Gasteiger partial charge is 0.250 e. The van der Waals surface area contributed by atoms with Crippen molar-refractivity contribution in [2.75, 3.05) is 11.1 Å². The minimum Gasteiger partial charge on any atom is -0.398 e. The molecule has 7 heteroatoms. The van der Waals surface area contributed by atoms with Crippen molar-refractivity contribution in [2.45, 2.75) is 6.54 Å². The molecule has 5 N–H and O–H groups in total. The molecule has 3 rings (SSSR count). The molecule has 1 amide bonds. The number of aromatic nitrogens is 2. The summed E-state index contributed by atoms with van der Waals surface area (Å²) in [5, 5.41) is 4.45. The number of nitrogens with one attached hydrogen (secondary N) is 1. The Labute approximate surface area is 137 Å². The van der Waals surface area contributed by atoms with Crippen LogP contribution in [-0.4, -0.2) is 15.9 Å². The lowest BCUT2D eigenvalue weighted by Crippen LogP contribution is -2.12. The van der Waals surface area contributed by atoms with Crippen molar-refractivity contribution in [1.29, 1.82) is 0 Å². The summed E-state index contributed by atoms with van der Waals surface area (Å²) in [6.45, 7) is 0.507. The number of carbonyl (C=O) groups is 1. The van der Waals surface area contributed by atoms with Crippen LogP contribution in [0.3, 0.4) is 0 Å². The maximum atomic E-state index is 11.5. The summed E-state index contributed by atoms with van der Waals surface area (Å²) in [6, 6.07) is 10.6. The molecule has 1 aromatic heterocycles. The lowest BCUT2D eigenvalue weighted by Gasteiger charge is -2.10. The van der Waals surface area contributed by atoms with Crippen LogP contribution < -0.4 is 16.8 Å². The van der Waals surface area contributed by atoms with Crippen LogP contribution in [0.1, 0.15) is 15.9 Å². The second-order valence-electron chi connectivity index (χ2n) is 5.00. The molecule has 0 aliphatic heterocycles. The number of amides is 1. The lowest BCUT2D eigenvalue weighted by molar-refractivity contribution is 0.100. The lowest BCUT2D eigenvalue weighted by atomic mass is 10.1. The van der Waals surface area contributed by atoms with Gasteiger partial charge in [-0.25, -0.2) is 9.97 Å². The molecule has 0 saturated heterocycles. The van der Waals surface area contributed by atoms with Gasteiger partial charge >= 0.3 is 0 Å². The quantitative estimate of drug-likeness (QED) is 0.638. The van der Waals surface area contributed by atoms with Crippen LogP contribution in [0.4, 0.5) is 11.5 Å². The molecule has 0 atom stereocenters. The van der Waals surface area contributed by atoms with Crippen LogP contribution in [0.15, 0.2) is 42.7 Å². The molecule has 2 aromatic carbocycles. The number of nitrogen functional groups attached to an aromatic ring is 1. The standard InChI is InChI=1S/C16H14ClN5O/c17-12-6-9(4-5-13(12)18)7-20-16-11-3-1-2-10(15(19)23)14(11)21-8-22-16/h1-6,8H,7,18H2,(H2,19,23)(H,20,21,22). The molecule has 0 aliphatic carbocycles. The first kappa shape index (κ1) is 15.1. The summed E-state index contributed by atoms with van der Waals surface area (Å²) in [7, 11) is 0. The summed E-state index contributed by atoms with van der Waals surface area (Å²) in [6.07, 6.45) is 1.40. The van der Waals surface area contributed by atoms with E-state index >= 15 is 0 Å². The number of rotatable bonds is 4. The zero-order chi connectivity index (χ0) is 16.4. The van der Waals surface area contributed by atoms with Crippen molar-refractivity contribution in [3.8, 4) is 0 Å². The van der Waals surface area contributed by atoms with Gasteiger partial charge in [0.1, 0.15) is 12.1 Å². The molecule has 3 aromatic rings. The van der Waals surface area contributed by atoms with Crippen LogP contribution in [0.25, 0.3) is 10.9 Å². The molecule has 23 heavy (non-hydrogen) atoms. The predicted octanol–water partition coefficient (Wildman–Crippen LogP) is 2.58. The Hall–Kier alpha value is -2.86. The Morgan fingerprint density at radius 2 is 2.04 bits per heavy atom. The van der Waals surface area contributed by atoms with E-state index < -0.39 is 5.91 Å². The van der Waals surface area contributed by atoms with E-state index in [0.717, 1.165) is 10.9 Å². The zero-order valence-corrected chi connectivity index (χ0v) is 12.8. The number of carbonyl (C=O) groups excluding carboxylic acids is 1. The number of benzene rings is 2. The average molecular weight is 328 g/mol. The van der Waals surface area contributed by atoms with Gasteiger partial charge in [0.05, 0.1) is 21.8 Å². The van der Waals surface area contributed by atoms with E-state index in [1.54, 1.807) is 24.3 Å². The van der Waals surface area contributed by atoms with Gasteiger partial charge in [0.25, 0.3) is 5.91 Å². The molecule has 0 radical (unpaired) electrons. The van der Waals surface area contributed by atoms with E-state index in [1.807, 2.05) is 12.1 Å². The third-order valence-electron chi connectivity index (χ3n) is 3.46. The molecular formula is C16H14ClN5O. The Bertz CT molecular complexity index is 897. The van der Waals surface area contributed by atoms with Crippen LogP contribution in [0.5, 0.6) is 0 Å². The zero-order valence-electron chi connectivity index (χ0n) is 12.1. The van der Waals surface area contributed by atoms with Crippen LogP contribution in [0, 0.1) is 0 Å². The van der Waals surface area contributed by atoms with Crippen LogP contribution >= 0.6 is 11.6 Å². The topological polar surface area (TPSA) is 107 Å². The number of fused-ring (bicyclic) bond motifs is 1. The normalized spacial score (nSPS) is 10.7. The van der Waals surface area contributed by atoms with Gasteiger partial charge < -0.3 is 16.8 Å². The minimum atomic E-state index is -0.523. The SMILES string of the molecule is NC(=O)c1cccc2c(NCc3ccc(N)c(Cl)c3)ncnc12. The number of primary amides is 1. The van der Waals surface area contributed by atoms with Gasteiger partial charge in [0, 0.05) is 11.9 Å². The Kier molecular flexibility index (Phi) is 3.99. The second-order valence-corrected chi connectivity index (χ2v) is 5.40. The fourth-order valence-electron chi connectivity index (χ4n) is 2.29. The van der Waals surface area contributed by atoms with Crippen molar-refractivity contribution < 1.29 is 4.79 Å². The molecule has 0 fully saturated rings. The van der Waals surface area contributed by atoms with Gasteiger partial charge in [-0.15, -0.1) is 0 Å². The Morgan fingerprint density at radius 1 is 1.22 bits per heavy atom. The van der Waals surface area contributed by atoms with Gasteiger partial charge in [0.15, 0.2) is 0 Å². The largest absolute Gasteiger partial charge is 0.398 e.